The predicted molar refractivity (Wildman–Crippen MR) is 91.7 cm³/mol. The van der Waals surface area contributed by atoms with Gasteiger partial charge in [-0.2, -0.15) is 0 Å². The van der Waals surface area contributed by atoms with E-state index in [9.17, 15) is 13.2 Å². The first-order chi connectivity index (χ1) is 10.9. The first-order valence-electron chi connectivity index (χ1n) is 8.35. The van der Waals surface area contributed by atoms with Crippen molar-refractivity contribution in [1.82, 2.24) is 4.72 Å². The number of nitrogens with one attached hydrogen (secondary N) is 2. The zero-order chi connectivity index (χ0) is 16.9. The molecule has 2 N–H and O–H groups in total. The van der Waals surface area contributed by atoms with E-state index < -0.39 is 10.0 Å². The molecule has 1 aliphatic carbocycles. The van der Waals surface area contributed by atoms with E-state index in [0.717, 1.165) is 32.1 Å². The summed E-state index contributed by atoms with van der Waals surface area (Å²) in [6.07, 6.45) is 6.04. The van der Waals surface area contributed by atoms with E-state index >= 15 is 0 Å². The molecule has 0 radical (unpaired) electrons. The number of hydrogen-bond donors (Lipinski definition) is 2. The average molecular weight is 338 g/mol. The number of carbonyl (C=O) groups excluding carboxylic acids is 1. The molecule has 1 atom stereocenters. The molecule has 1 unspecified atom stereocenters. The van der Waals surface area contributed by atoms with E-state index in [1.807, 2.05) is 13.8 Å². The van der Waals surface area contributed by atoms with Crippen molar-refractivity contribution in [3.8, 4) is 0 Å². The van der Waals surface area contributed by atoms with Crippen LogP contribution in [0.2, 0.25) is 0 Å². The molecule has 1 saturated carbocycles. The van der Waals surface area contributed by atoms with Crippen molar-refractivity contribution >= 4 is 21.6 Å². The maximum atomic E-state index is 12.2. The minimum absolute atomic E-state index is 0.0398. The molecule has 23 heavy (non-hydrogen) atoms. The summed E-state index contributed by atoms with van der Waals surface area (Å²) in [5.74, 6) is 0.122. The second-order valence-electron chi connectivity index (χ2n) is 6.28. The third kappa shape index (κ3) is 5.04. The minimum atomic E-state index is -3.50. The van der Waals surface area contributed by atoms with Gasteiger partial charge in [-0.15, -0.1) is 0 Å². The molecule has 2 rings (SSSR count). The summed E-state index contributed by atoms with van der Waals surface area (Å²) in [5, 5.41) is 2.89. The second kappa shape index (κ2) is 7.93. The van der Waals surface area contributed by atoms with Gasteiger partial charge in [-0.25, -0.2) is 13.1 Å². The van der Waals surface area contributed by atoms with Crippen LogP contribution in [0.4, 0.5) is 5.69 Å². The number of rotatable bonds is 6. The van der Waals surface area contributed by atoms with Gasteiger partial charge in [-0.05, 0) is 50.5 Å². The van der Waals surface area contributed by atoms with Gasteiger partial charge in [-0.1, -0.05) is 26.2 Å². The number of carbonyl (C=O) groups is 1. The van der Waals surface area contributed by atoms with Gasteiger partial charge >= 0.3 is 0 Å². The smallest absolute Gasteiger partial charge is 0.240 e. The molecule has 6 heteroatoms. The number of sulfonamides is 1. The monoisotopic (exact) mass is 338 g/mol. The van der Waals surface area contributed by atoms with Crippen molar-refractivity contribution in [2.45, 2.75) is 63.3 Å². The summed E-state index contributed by atoms with van der Waals surface area (Å²) in [6, 6.07) is 6.24. The average Bonchev–Trinajstić information content (AvgIpc) is 2.55. The first-order valence-corrected chi connectivity index (χ1v) is 9.84. The second-order valence-corrected chi connectivity index (χ2v) is 7.99. The van der Waals surface area contributed by atoms with Gasteiger partial charge in [0, 0.05) is 17.6 Å². The molecule has 0 aromatic heterocycles. The van der Waals surface area contributed by atoms with E-state index in [2.05, 4.69) is 10.0 Å². The largest absolute Gasteiger partial charge is 0.326 e. The summed E-state index contributed by atoms with van der Waals surface area (Å²) in [4.78, 5) is 12.4. The third-order valence-electron chi connectivity index (χ3n) is 4.38. The third-order valence-corrected chi connectivity index (χ3v) is 5.98. The van der Waals surface area contributed by atoms with Crippen molar-refractivity contribution in [2.75, 3.05) is 5.32 Å². The molecule has 0 bridgehead atoms. The first kappa shape index (κ1) is 17.9. The Morgan fingerprint density at radius 3 is 2.35 bits per heavy atom. The lowest BCUT2D eigenvalue weighted by atomic mass is 9.88. The lowest BCUT2D eigenvalue weighted by Gasteiger charge is -2.20. The fraction of sp³-hybridized carbons (Fsp3) is 0.588. The molecular formula is C17H26N2O3S. The molecule has 1 aromatic carbocycles. The zero-order valence-corrected chi connectivity index (χ0v) is 14.7. The molecule has 1 amide bonds. The summed E-state index contributed by atoms with van der Waals surface area (Å²) in [7, 11) is -3.50. The van der Waals surface area contributed by atoms with Gasteiger partial charge in [0.15, 0.2) is 0 Å². The molecule has 0 aliphatic heterocycles. The van der Waals surface area contributed by atoms with E-state index in [4.69, 9.17) is 0 Å². The Balaban J connectivity index is 2.00. The van der Waals surface area contributed by atoms with Crippen LogP contribution in [-0.2, 0) is 14.8 Å². The topological polar surface area (TPSA) is 75.3 Å². The van der Waals surface area contributed by atoms with Gasteiger partial charge in [-0.3, -0.25) is 4.79 Å². The fourth-order valence-electron chi connectivity index (χ4n) is 2.74. The van der Waals surface area contributed by atoms with Crippen LogP contribution in [0.15, 0.2) is 29.2 Å². The van der Waals surface area contributed by atoms with Crippen LogP contribution in [0.5, 0.6) is 0 Å². The highest BCUT2D eigenvalue weighted by atomic mass is 32.2. The Morgan fingerprint density at radius 1 is 1.17 bits per heavy atom. The number of amides is 1. The predicted octanol–water partition coefficient (Wildman–Crippen LogP) is 3.28. The molecule has 0 saturated heterocycles. The SMILES string of the molecule is CCC(C)NS(=O)(=O)c1ccc(NC(=O)C2CCCCC2)cc1. The van der Waals surface area contributed by atoms with Crippen LogP contribution in [0.1, 0.15) is 52.4 Å². The Labute approximate surface area is 138 Å². The maximum absolute atomic E-state index is 12.2. The molecular weight excluding hydrogens is 312 g/mol. The summed E-state index contributed by atoms with van der Waals surface area (Å²) < 4.78 is 27.0. The van der Waals surface area contributed by atoms with Crippen molar-refractivity contribution in [1.29, 1.82) is 0 Å². The van der Waals surface area contributed by atoms with E-state index in [0.29, 0.717) is 5.69 Å². The number of anilines is 1. The van der Waals surface area contributed by atoms with Crippen molar-refractivity contribution in [3.63, 3.8) is 0 Å². The van der Waals surface area contributed by atoms with Crippen molar-refractivity contribution < 1.29 is 13.2 Å². The van der Waals surface area contributed by atoms with Gasteiger partial charge in [0.1, 0.15) is 0 Å². The number of hydrogen-bond acceptors (Lipinski definition) is 3. The van der Waals surface area contributed by atoms with Crippen molar-refractivity contribution in [2.24, 2.45) is 5.92 Å². The van der Waals surface area contributed by atoms with E-state index in [1.165, 1.54) is 18.6 Å². The minimum Gasteiger partial charge on any atom is -0.326 e. The Bertz CT molecular complexity index is 620. The van der Waals surface area contributed by atoms with Crippen LogP contribution >= 0.6 is 0 Å². The van der Waals surface area contributed by atoms with E-state index in [-0.39, 0.29) is 22.8 Å². The summed E-state index contributed by atoms with van der Waals surface area (Å²) in [6.45, 7) is 3.76. The Hall–Kier alpha value is -1.40. The quantitative estimate of drug-likeness (QED) is 0.836. The number of benzene rings is 1. The van der Waals surface area contributed by atoms with Gasteiger partial charge < -0.3 is 5.32 Å². The highest BCUT2D eigenvalue weighted by Gasteiger charge is 2.21. The molecule has 0 spiro atoms. The van der Waals surface area contributed by atoms with Gasteiger partial charge in [0.05, 0.1) is 4.90 Å². The van der Waals surface area contributed by atoms with Crippen molar-refractivity contribution in [3.05, 3.63) is 24.3 Å². The summed E-state index contributed by atoms with van der Waals surface area (Å²) in [5.41, 5.74) is 0.642. The molecule has 1 aromatic rings. The van der Waals surface area contributed by atoms with Crippen LogP contribution in [0, 0.1) is 5.92 Å². The highest BCUT2D eigenvalue weighted by molar-refractivity contribution is 7.89. The normalized spacial score (nSPS) is 17.7. The van der Waals surface area contributed by atoms with Crippen LogP contribution in [0.3, 0.4) is 0 Å². The Morgan fingerprint density at radius 2 is 1.78 bits per heavy atom. The molecule has 128 valence electrons. The van der Waals surface area contributed by atoms with E-state index in [1.54, 1.807) is 12.1 Å². The van der Waals surface area contributed by atoms with Gasteiger partial charge in [0.2, 0.25) is 15.9 Å². The lowest BCUT2D eigenvalue weighted by Crippen LogP contribution is -2.32. The Kier molecular flexibility index (Phi) is 6.18. The maximum Gasteiger partial charge on any atom is 0.240 e. The summed E-state index contributed by atoms with van der Waals surface area (Å²) >= 11 is 0. The molecule has 1 fully saturated rings. The zero-order valence-electron chi connectivity index (χ0n) is 13.8. The molecule has 0 heterocycles. The molecule has 1 aliphatic rings. The van der Waals surface area contributed by atoms with Gasteiger partial charge in [0.25, 0.3) is 0 Å². The highest BCUT2D eigenvalue weighted by Crippen LogP contribution is 2.25. The lowest BCUT2D eigenvalue weighted by molar-refractivity contribution is -0.120. The van der Waals surface area contributed by atoms with Crippen LogP contribution in [0.25, 0.3) is 0 Å². The van der Waals surface area contributed by atoms with Crippen LogP contribution in [-0.4, -0.2) is 20.4 Å². The fourth-order valence-corrected chi connectivity index (χ4v) is 4.07. The van der Waals surface area contributed by atoms with Crippen LogP contribution < -0.4 is 10.0 Å². The molecule has 5 nitrogen and oxygen atoms in total. The standard InChI is InChI=1S/C17H26N2O3S/c1-3-13(2)19-23(21,22)16-11-9-15(10-12-16)18-17(20)14-7-5-4-6-8-14/h9-14,19H,3-8H2,1-2H3,(H,18,20).